The molecule has 0 aliphatic rings. The van der Waals surface area contributed by atoms with E-state index >= 15 is 0 Å². The number of aryl methyl sites for hydroxylation is 1. The number of nitrogens with one attached hydrogen (secondary N) is 1. The average molecular weight is 270 g/mol. The van der Waals surface area contributed by atoms with Gasteiger partial charge >= 0.3 is 5.97 Å². The molecular formula is C11H14N2O4S. The van der Waals surface area contributed by atoms with Crippen LogP contribution in [0, 0.1) is 0 Å². The van der Waals surface area contributed by atoms with Crippen LogP contribution in [0.4, 0.5) is 0 Å². The molecule has 0 aromatic carbocycles. The van der Waals surface area contributed by atoms with Crippen molar-refractivity contribution in [2.24, 2.45) is 5.73 Å². The topological polar surface area (TPSA) is 109 Å². The summed E-state index contributed by atoms with van der Waals surface area (Å²) in [6.45, 7) is 1.96. The van der Waals surface area contributed by atoms with Gasteiger partial charge in [-0.1, -0.05) is 6.92 Å². The molecule has 2 amide bonds. The van der Waals surface area contributed by atoms with Crippen molar-refractivity contribution in [1.29, 1.82) is 0 Å². The molecule has 0 fully saturated rings. The van der Waals surface area contributed by atoms with Gasteiger partial charge in [-0.25, -0.2) is 4.79 Å². The number of carboxylic acid groups (broad SMARTS) is 1. The maximum Gasteiger partial charge on any atom is 0.326 e. The minimum Gasteiger partial charge on any atom is -0.480 e. The maximum absolute atomic E-state index is 11.8. The predicted molar refractivity (Wildman–Crippen MR) is 66.4 cm³/mol. The van der Waals surface area contributed by atoms with E-state index in [9.17, 15) is 14.4 Å². The standard InChI is InChI=1S/C11H14N2O4S/c1-2-6-3-4-8(18-6)10(15)13-7(11(16)17)5-9(12)14/h3-4,7H,2,5H2,1H3,(H2,12,14)(H,13,15)(H,16,17). The molecule has 1 heterocycles. The largest absolute Gasteiger partial charge is 0.480 e. The number of hydrogen-bond acceptors (Lipinski definition) is 4. The molecule has 1 atom stereocenters. The Morgan fingerprint density at radius 3 is 2.56 bits per heavy atom. The molecule has 0 saturated carbocycles. The Morgan fingerprint density at radius 1 is 1.44 bits per heavy atom. The number of carboxylic acids is 1. The third kappa shape index (κ3) is 3.85. The summed E-state index contributed by atoms with van der Waals surface area (Å²) < 4.78 is 0. The molecule has 98 valence electrons. The lowest BCUT2D eigenvalue weighted by Gasteiger charge is -2.11. The molecule has 0 aliphatic heterocycles. The molecule has 1 unspecified atom stereocenters. The van der Waals surface area contributed by atoms with Crippen LogP contribution in [0.2, 0.25) is 0 Å². The Balaban J connectivity index is 2.71. The third-order valence-corrected chi connectivity index (χ3v) is 3.47. The number of primary amides is 1. The summed E-state index contributed by atoms with van der Waals surface area (Å²) in [5.74, 6) is -2.56. The summed E-state index contributed by atoms with van der Waals surface area (Å²) in [6.07, 6.45) is 0.384. The van der Waals surface area contributed by atoms with Crippen LogP contribution >= 0.6 is 11.3 Å². The van der Waals surface area contributed by atoms with Crippen LogP contribution in [0.15, 0.2) is 12.1 Å². The van der Waals surface area contributed by atoms with Gasteiger partial charge in [0, 0.05) is 4.88 Å². The fourth-order valence-electron chi connectivity index (χ4n) is 1.32. The molecule has 0 radical (unpaired) electrons. The van der Waals surface area contributed by atoms with E-state index in [1.807, 2.05) is 13.0 Å². The summed E-state index contributed by atoms with van der Waals surface area (Å²) in [4.78, 5) is 34.7. The second kappa shape index (κ2) is 6.15. The minimum absolute atomic E-state index is 0.419. The first kappa shape index (κ1) is 14.2. The van der Waals surface area contributed by atoms with E-state index in [1.54, 1.807) is 6.07 Å². The fraction of sp³-hybridized carbons (Fsp3) is 0.364. The smallest absolute Gasteiger partial charge is 0.326 e. The predicted octanol–water partition coefficient (Wildman–Crippen LogP) is 0.369. The molecule has 0 saturated heterocycles. The van der Waals surface area contributed by atoms with Crippen molar-refractivity contribution in [3.8, 4) is 0 Å². The van der Waals surface area contributed by atoms with Gasteiger partial charge in [-0.2, -0.15) is 0 Å². The number of aliphatic carboxylic acids is 1. The van der Waals surface area contributed by atoms with E-state index in [-0.39, 0.29) is 0 Å². The van der Waals surface area contributed by atoms with E-state index in [0.717, 1.165) is 11.3 Å². The van der Waals surface area contributed by atoms with Crippen molar-refractivity contribution in [3.05, 3.63) is 21.9 Å². The summed E-state index contributed by atoms with van der Waals surface area (Å²) in [5.41, 5.74) is 4.92. The van der Waals surface area contributed by atoms with Gasteiger partial charge in [0.15, 0.2) is 0 Å². The fourth-order valence-corrected chi connectivity index (χ4v) is 2.17. The highest BCUT2D eigenvalue weighted by molar-refractivity contribution is 7.14. The zero-order valence-electron chi connectivity index (χ0n) is 9.80. The summed E-state index contributed by atoms with van der Waals surface area (Å²) >= 11 is 1.29. The number of hydrogen-bond donors (Lipinski definition) is 3. The van der Waals surface area contributed by atoms with E-state index in [1.165, 1.54) is 11.3 Å². The molecule has 18 heavy (non-hydrogen) atoms. The van der Waals surface area contributed by atoms with E-state index in [2.05, 4.69) is 5.32 Å². The maximum atomic E-state index is 11.8. The van der Waals surface area contributed by atoms with Crippen molar-refractivity contribution in [3.63, 3.8) is 0 Å². The van der Waals surface area contributed by atoms with E-state index < -0.39 is 30.2 Å². The zero-order chi connectivity index (χ0) is 13.7. The molecule has 1 rings (SSSR count). The second-order valence-electron chi connectivity index (χ2n) is 3.65. The Bertz CT molecular complexity index is 469. The van der Waals surface area contributed by atoms with Gasteiger partial charge in [-0.05, 0) is 18.6 Å². The van der Waals surface area contributed by atoms with Crippen molar-refractivity contribution in [1.82, 2.24) is 5.32 Å². The number of thiophene rings is 1. The molecule has 4 N–H and O–H groups in total. The number of carbonyl (C=O) groups is 3. The Morgan fingerprint density at radius 2 is 2.11 bits per heavy atom. The normalized spacial score (nSPS) is 11.8. The average Bonchev–Trinajstić information content (AvgIpc) is 2.75. The van der Waals surface area contributed by atoms with Crippen LogP contribution in [-0.2, 0) is 16.0 Å². The third-order valence-electron chi connectivity index (χ3n) is 2.24. The summed E-state index contributed by atoms with van der Waals surface area (Å²) in [7, 11) is 0. The quantitative estimate of drug-likeness (QED) is 0.693. The lowest BCUT2D eigenvalue weighted by atomic mass is 10.2. The van der Waals surface area contributed by atoms with Gasteiger partial charge in [-0.15, -0.1) is 11.3 Å². The molecular weight excluding hydrogens is 256 g/mol. The van der Waals surface area contributed by atoms with Gasteiger partial charge in [0.25, 0.3) is 5.91 Å². The number of amides is 2. The molecule has 1 aromatic rings. The van der Waals surface area contributed by atoms with Crippen LogP contribution < -0.4 is 11.1 Å². The molecule has 0 spiro atoms. The van der Waals surface area contributed by atoms with Crippen LogP contribution in [0.3, 0.4) is 0 Å². The molecule has 0 aliphatic carbocycles. The van der Waals surface area contributed by atoms with Crippen molar-refractivity contribution in [2.75, 3.05) is 0 Å². The Hall–Kier alpha value is -1.89. The van der Waals surface area contributed by atoms with Gasteiger partial charge < -0.3 is 16.2 Å². The van der Waals surface area contributed by atoms with E-state index in [0.29, 0.717) is 4.88 Å². The Kier molecular flexibility index (Phi) is 4.85. The molecule has 6 nitrogen and oxygen atoms in total. The lowest BCUT2D eigenvalue weighted by Crippen LogP contribution is -2.43. The van der Waals surface area contributed by atoms with Crippen molar-refractivity contribution >= 4 is 29.1 Å². The SMILES string of the molecule is CCc1ccc(C(=O)NC(CC(N)=O)C(=O)O)s1. The second-order valence-corrected chi connectivity index (χ2v) is 4.82. The molecule has 7 heteroatoms. The Labute approximate surface area is 108 Å². The van der Waals surface area contributed by atoms with Crippen molar-refractivity contribution in [2.45, 2.75) is 25.8 Å². The molecule has 1 aromatic heterocycles. The minimum atomic E-state index is -1.29. The van der Waals surface area contributed by atoms with Crippen LogP contribution in [0.25, 0.3) is 0 Å². The number of nitrogens with two attached hydrogens (primary N) is 1. The molecule has 0 bridgehead atoms. The first-order chi connectivity index (χ1) is 8.43. The highest BCUT2D eigenvalue weighted by Gasteiger charge is 2.23. The highest BCUT2D eigenvalue weighted by Crippen LogP contribution is 2.16. The number of carbonyl (C=O) groups excluding carboxylic acids is 2. The van der Waals surface area contributed by atoms with E-state index in [4.69, 9.17) is 10.8 Å². The highest BCUT2D eigenvalue weighted by atomic mass is 32.1. The lowest BCUT2D eigenvalue weighted by molar-refractivity contribution is -0.140. The number of rotatable bonds is 6. The summed E-state index contributed by atoms with van der Waals surface area (Å²) in [5, 5.41) is 11.1. The van der Waals surface area contributed by atoms with Crippen LogP contribution in [0.1, 0.15) is 27.9 Å². The first-order valence-corrected chi connectivity index (χ1v) is 6.16. The first-order valence-electron chi connectivity index (χ1n) is 5.34. The summed E-state index contributed by atoms with van der Waals surface area (Å²) in [6, 6.07) is 2.15. The van der Waals surface area contributed by atoms with Gasteiger partial charge in [0.2, 0.25) is 5.91 Å². The monoisotopic (exact) mass is 270 g/mol. The van der Waals surface area contributed by atoms with Crippen LogP contribution in [0.5, 0.6) is 0 Å². The van der Waals surface area contributed by atoms with Gasteiger partial charge in [0.05, 0.1) is 11.3 Å². The van der Waals surface area contributed by atoms with Gasteiger partial charge in [0.1, 0.15) is 6.04 Å². The zero-order valence-corrected chi connectivity index (χ0v) is 10.6. The van der Waals surface area contributed by atoms with Crippen molar-refractivity contribution < 1.29 is 19.5 Å². The van der Waals surface area contributed by atoms with Crippen LogP contribution in [-0.4, -0.2) is 28.9 Å². The van der Waals surface area contributed by atoms with Gasteiger partial charge in [-0.3, -0.25) is 9.59 Å².